The van der Waals surface area contributed by atoms with E-state index >= 15 is 0 Å². The minimum atomic E-state index is -0.460. The lowest BCUT2D eigenvalue weighted by atomic mass is 9.84. The van der Waals surface area contributed by atoms with Crippen LogP contribution in [0.4, 0.5) is 0 Å². The van der Waals surface area contributed by atoms with Gasteiger partial charge in [-0.2, -0.15) is 0 Å². The van der Waals surface area contributed by atoms with Crippen molar-refractivity contribution in [3.8, 4) is 0 Å². The third-order valence-corrected chi connectivity index (χ3v) is 10.7. The Hall–Kier alpha value is -4.26. The highest BCUT2D eigenvalue weighted by Crippen LogP contribution is 2.42. The zero-order chi connectivity index (χ0) is 37.9. The van der Waals surface area contributed by atoms with Gasteiger partial charge in [-0.3, -0.25) is 9.59 Å². The molecule has 0 amide bonds. The summed E-state index contributed by atoms with van der Waals surface area (Å²) in [4.78, 5) is 57.3. The predicted octanol–water partition coefficient (Wildman–Crippen LogP) is 8.41. The Balaban J connectivity index is 0.000000204. The van der Waals surface area contributed by atoms with Crippen molar-refractivity contribution >= 4 is 61.9 Å². The molecule has 286 valence electrons. The first-order chi connectivity index (χ1) is 25.7. The summed E-state index contributed by atoms with van der Waals surface area (Å²) in [5.41, 5.74) is 4.15. The lowest BCUT2D eigenvalue weighted by Gasteiger charge is -2.22. The number of halogens is 1. The van der Waals surface area contributed by atoms with E-state index in [2.05, 4.69) is 25.9 Å². The van der Waals surface area contributed by atoms with Crippen LogP contribution in [0.15, 0.2) is 35.1 Å². The van der Waals surface area contributed by atoms with E-state index in [0.29, 0.717) is 49.6 Å². The Morgan fingerprint density at radius 3 is 1.68 bits per heavy atom. The second kappa shape index (κ2) is 19.2. The fourth-order valence-electron chi connectivity index (χ4n) is 7.51. The third kappa shape index (κ3) is 9.65. The quantitative estimate of drug-likeness (QED) is 0.101. The van der Waals surface area contributed by atoms with Gasteiger partial charge in [0.15, 0.2) is 11.4 Å². The molecule has 0 N–H and O–H groups in total. The molecule has 4 aromatic rings. The van der Waals surface area contributed by atoms with Gasteiger partial charge in [-0.15, -0.1) is 0 Å². The van der Waals surface area contributed by atoms with Crippen LogP contribution in [0.3, 0.4) is 0 Å². The van der Waals surface area contributed by atoms with Gasteiger partial charge < -0.3 is 28.1 Å². The molecule has 0 radical (unpaired) electrons. The van der Waals surface area contributed by atoms with Crippen molar-refractivity contribution in [2.24, 2.45) is 0 Å². The standard InChI is InChI=1S/C20H25BrN2O4.C20H26N2O4/c1-3-26-16(24)12-23-18(21)17(13-8-6-5-7-9-13)14-10-11-15(22-19(14)23)20(25)27-4-2;1-3-25-18(23)13-22-12-16(14-8-6-5-7-9-14)15-10-11-17(21-19(15)22)20(24)26-4-2/h10-11,13H,3-9,12H2,1-2H3;10-12,14H,3-9,13H2,1-2H3. The molecule has 53 heavy (non-hydrogen) atoms. The van der Waals surface area contributed by atoms with E-state index in [9.17, 15) is 19.2 Å². The Kier molecular flexibility index (Phi) is 14.5. The second-order valence-corrected chi connectivity index (χ2v) is 14.1. The molecule has 12 nitrogen and oxygen atoms in total. The highest BCUT2D eigenvalue weighted by molar-refractivity contribution is 9.10. The number of carbonyl (C=O) groups is 4. The van der Waals surface area contributed by atoms with Gasteiger partial charge in [0.1, 0.15) is 24.4 Å². The maximum Gasteiger partial charge on any atom is 0.356 e. The van der Waals surface area contributed by atoms with E-state index in [4.69, 9.17) is 18.9 Å². The SMILES string of the molecule is CCOC(=O)Cn1c(Br)c(C2CCCCC2)c2ccc(C(=O)OCC)nc21.CCOC(=O)Cn1cc(C2CCCCC2)c2ccc(C(=O)OCC)nc21. The minimum absolute atomic E-state index is 0.0525. The molecular formula is C40H51BrN4O8. The van der Waals surface area contributed by atoms with Crippen LogP contribution in [0, 0.1) is 0 Å². The van der Waals surface area contributed by atoms with E-state index in [1.807, 2.05) is 18.3 Å². The molecular weight excluding hydrogens is 744 g/mol. The molecule has 0 aliphatic heterocycles. The van der Waals surface area contributed by atoms with Gasteiger partial charge in [-0.1, -0.05) is 38.5 Å². The van der Waals surface area contributed by atoms with Crippen LogP contribution < -0.4 is 0 Å². The molecule has 0 spiro atoms. The van der Waals surface area contributed by atoms with Gasteiger partial charge in [0.25, 0.3) is 0 Å². The average molecular weight is 796 g/mol. The summed E-state index contributed by atoms with van der Waals surface area (Å²) in [6.45, 7) is 8.50. The summed E-state index contributed by atoms with van der Waals surface area (Å²) >= 11 is 3.70. The molecule has 13 heteroatoms. The van der Waals surface area contributed by atoms with Crippen LogP contribution in [-0.4, -0.2) is 69.4 Å². The lowest BCUT2D eigenvalue weighted by Crippen LogP contribution is -2.15. The normalized spacial score (nSPS) is 15.1. The van der Waals surface area contributed by atoms with Gasteiger partial charge >= 0.3 is 23.9 Å². The van der Waals surface area contributed by atoms with Gasteiger partial charge in [-0.05, 0) is 117 Å². The minimum Gasteiger partial charge on any atom is -0.465 e. The number of pyridine rings is 2. The smallest absolute Gasteiger partial charge is 0.356 e. The van der Waals surface area contributed by atoms with E-state index in [1.165, 1.54) is 49.7 Å². The van der Waals surface area contributed by atoms with Gasteiger partial charge in [-0.25, -0.2) is 19.6 Å². The number of rotatable bonds is 12. The molecule has 4 heterocycles. The zero-order valence-electron chi connectivity index (χ0n) is 31.3. The Morgan fingerprint density at radius 1 is 0.642 bits per heavy atom. The molecule has 2 saturated carbocycles. The third-order valence-electron chi connectivity index (χ3n) is 9.86. The van der Waals surface area contributed by atoms with Crippen molar-refractivity contribution in [3.63, 3.8) is 0 Å². The molecule has 0 bridgehead atoms. The zero-order valence-corrected chi connectivity index (χ0v) is 32.9. The van der Waals surface area contributed by atoms with E-state index < -0.39 is 11.9 Å². The molecule has 2 aliphatic carbocycles. The maximum absolute atomic E-state index is 12.1. The number of ether oxygens (including phenoxy) is 4. The largest absolute Gasteiger partial charge is 0.465 e. The molecule has 6 rings (SSSR count). The van der Waals surface area contributed by atoms with Crippen LogP contribution in [0.2, 0.25) is 0 Å². The van der Waals surface area contributed by atoms with Crippen LogP contribution in [-0.2, 0) is 41.6 Å². The fourth-order valence-corrected chi connectivity index (χ4v) is 8.34. The van der Waals surface area contributed by atoms with Crippen LogP contribution >= 0.6 is 15.9 Å². The number of hydrogen-bond donors (Lipinski definition) is 0. The van der Waals surface area contributed by atoms with Gasteiger partial charge in [0.2, 0.25) is 0 Å². The summed E-state index contributed by atoms with van der Waals surface area (Å²) in [6, 6.07) is 7.26. The first-order valence-corrected chi connectivity index (χ1v) is 19.8. The van der Waals surface area contributed by atoms with Crippen molar-refractivity contribution in [1.82, 2.24) is 19.1 Å². The van der Waals surface area contributed by atoms with Crippen molar-refractivity contribution < 1.29 is 38.1 Å². The highest BCUT2D eigenvalue weighted by atomic mass is 79.9. The van der Waals surface area contributed by atoms with Crippen LogP contribution in [0.1, 0.15) is 136 Å². The Labute approximate surface area is 319 Å². The van der Waals surface area contributed by atoms with E-state index in [0.717, 1.165) is 41.1 Å². The molecule has 0 atom stereocenters. The number of fused-ring (bicyclic) bond motifs is 2. The summed E-state index contributed by atoms with van der Waals surface area (Å²) in [6.07, 6.45) is 14.0. The van der Waals surface area contributed by atoms with Gasteiger partial charge in [0.05, 0.1) is 31.0 Å². The Morgan fingerprint density at radius 2 is 1.13 bits per heavy atom. The number of hydrogen-bond acceptors (Lipinski definition) is 10. The Bertz CT molecular complexity index is 1910. The maximum atomic E-state index is 12.1. The van der Waals surface area contributed by atoms with E-state index in [-0.39, 0.29) is 36.4 Å². The second-order valence-electron chi connectivity index (χ2n) is 13.4. The molecule has 0 aromatic carbocycles. The van der Waals surface area contributed by atoms with Crippen LogP contribution in [0.5, 0.6) is 0 Å². The van der Waals surface area contributed by atoms with Gasteiger partial charge in [0, 0.05) is 17.0 Å². The van der Waals surface area contributed by atoms with Crippen molar-refractivity contribution in [1.29, 1.82) is 0 Å². The molecule has 2 fully saturated rings. The molecule has 2 aliphatic rings. The van der Waals surface area contributed by atoms with Crippen molar-refractivity contribution in [2.75, 3.05) is 26.4 Å². The summed E-state index contributed by atoms with van der Waals surface area (Å²) < 4.78 is 24.8. The topological polar surface area (TPSA) is 141 Å². The number of nitrogens with zero attached hydrogens (tertiary/aromatic N) is 4. The summed E-state index contributed by atoms with van der Waals surface area (Å²) in [7, 11) is 0. The predicted molar refractivity (Wildman–Crippen MR) is 204 cm³/mol. The van der Waals surface area contributed by atoms with E-state index in [1.54, 1.807) is 49.0 Å². The number of aromatic nitrogens is 4. The summed E-state index contributed by atoms with van der Waals surface area (Å²) in [5.74, 6) is -0.632. The fraction of sp³-hybridized carbons (Fsp3) is 0.550. The molecule has 4 aromatic heterocycles. The average Bonchev–Trinajstić information content (AvgIpc) is 3.66. The lowest BCUT2D eigenvalue weighted by molar-refractivity contribution is -0.144. The van der Waals surface area contributed by atoms with Crippen LogP contribution in [0.25, 0.3) is 22.1 Å². The monoisotopic (exact) mass is 794 g/mol. The highest BCUT2D eigenvalue weighted by Gasteiger charge is 2.27. The first kappa shape index (κ1) is 39.9. The number of esters is 4. The van der Waals surface area contributed by atoms with Crippen molar-refractivity contribution in [2.45, 2.75) is 117 Å². The summed E-state index contributed by atoms with van der Waals surface area (Å²) in [5, 5.41) is 1.99. The molecule has 0 unspecified atom stereocenters. The number of carbonyl (C=O) groups excluding carboxylic acids is 4. The first-order valence-electron chi connectivity index (χ1n) is 19.0. The van der Waals surface area contributed by atoms with Crippen molar-refractivity contribution in [3.05, 3.63) is 57.6 Å². The molecule has 0 saturated heterocycles.